The summed E-state index contributed by atoms with van der Waals surface area (Å²) in [6.45, 7) is 5.92. The maximum absolute atomic E-state index is 8.91. The van der Waals surface area contributed by atoms with Gasteiger partial charge in [-0.1, -0.05) is 12.1 Å². The molecule has 104 valence electrons. The third kappa shape index (κ3) is 3.46. The van der Waals surface area contributed by atoms with Crippen LogP contribution in [0.4, 0.5) is 0 Å². The Balaban J connectivity index is 1.93. The van der Waals surface area contributed by atoms with Gasteiger partial charge in [-0.3, -0.25) is 5.10 Å². The van der Waals surface area contributed by atoms with Crippen LogP contribution in [0.3, 0.4) is 0 Å². The van der Waals surface area contributed by atoms with Gasteiger partial charge in [-0.2, -0.15) is 10.4 Å². The normalized spacial score (nSPS) is 10.8. The van der Waals surface area contributed by atoms with Crippen LogP contribution in [0, 0.1) is 25.2 Å². The molecule has 0 saturated heterocycles. The monoisotopic (exact) mass is 268 g/mol. The summed E-state index contributed by atoms with van der Waals surface area (Å²) in [5, 5.41) is 16.2. The molecule has 0 bridgehead atoms. The lowest BCUT2D eigenvalue weighted by Crippen LogP contribution is -2.21. The number of nitrogens with one attached hydrogen (secondary N) is 1. The van der Waals surface area contributed by atoms with E-state index in [2.05, 4.69) is 41.2 Å². The first-order valence-corrected chi connectivity index (χ1v) is 6.78. The van der Waals surface area contributed by atoms with Gasteiger partial charge in [0.05, 0.1) is 17.3 Å². The SMILES string of the molecule is Cc1n[nH]c(C)c1CCN(C)Cc1cccc(C#N)c1. The Morgan fingerprint density at radius 2 is 2.15 bits per heavy atom. The number of benzene rings is 1. The molecule has 1 aromatic carbocycles. The maximum atomic E-state index is 8.91. The van der Waals surface area contributed by atoms with Crippen LogP contribution in [-0.4, -0.2) is 28.7 Å². The molecule has 0 unspecified atom stereocenters. The second-order valence-electron chi connectivity index (χ2n) is 5.21. The molecule has 2 aromatic rings. The van der Waals surface area contributed by atoms with Crippen molar-refractivity contribution in [2.24, 2.45) is 0 Å². The van der Waals surface area contributed by atoms with Crippen LogP contribution in [0.1, 0.15) is 28.1 Å². The zero-order valence-corrected chi connectivity index (χ0v) is 12.3. The molecule has 4 heteroatoms. The van der Waals surface area contributed by atoms with Crippen molar-refractivity contribution in [3.63, 3.8) is 0 Å². The number of nitriles is 1. The molecule has 1 aromatic heterocycles. The van der Waals surface area contributed by atoms with Crippen molar-refractivity contribution in [3.8, 4) is 6.07 Å². The van der Waals surface area contributed by atoms with Gasteiger partial charge in [-0.15, -0.1) is 0 Å². The molecular weight excluding hydrogens is 248 g/mol. The Labute approximate surface area is 120 Å². The standard InChI is InChI=1S/C16H20N4/c1-12-16(13(2)19-18-12)7-8-20(3)11-15-6-4-5-14(9-15)10-17/h4-6,9H,7-8,11H2,1-3H3,(H,18,19). The zero-order valence-electron chi connectivity index (χ0n) is 12.3. The van der Waals surface area contributed by atoms with E-state index in [9.17, 15) is 0 Å². The van der Waals surface area contributed by atoms with E-state index < -0.39 is 0 Å². The van der Waals surface area contributed by atoms with E-state index in [0.717, 1.165) is 36.5 Å². The van der Waals surface area contributed by atoms with E-state index in [4.69, 9.17) is 5.26 Å². The smallest absolute Gasteiger partial charge is 0.0991 e. The van der Waals surface area contributed by atoms with Crippen molar-refractivity contribution in [1.82, 2.24) is 15.1 Å². The minimum absolute atomic E-state index is 0.720. The Bertz CT molecular complexity index is 602. The van der Waals surface area contributed by atoms with Crippen molar-refractivity contribution in [3.05, 3.63) is 52.3 Å². The second kappa shape index (κ2) is 6.36. The second-order valence-corrected chi connectivity index (χ2v) is 5.21. The third-order valence-electron chi connectivity index (χ3n) is 3.53. The number of aromatic nitrogens is 2. The summed E-state index contributed by atoms with van der Waals surface area (Å²) in [6, 6.07) is 9.96. The highest BCUT2D eigenvalue weighted by Crippen LogP contribution is 2.12. The van der Waals surface area contributed by atoms with Crippen molar-refractivity contribution >= 4 is 0 Å². The first kappa shape index (κ1) is 14.3. The molecule has 20 heavy (non-hydrogen) atoms. The molecule has 4 nitrogen and oxygen atoms in total. The van der Waals surface area contributed by atoms with E-state index in [1.54, 1.807) is 0 Å². The molecular formula is C16H20N4. The van der Waals surface area contributed by atoms with E-state index in [1.165, 1.54) is 11.1 Å². The fraction of sp³-hybridized carbons (Fsp3) is 0.375. The van der Waals surface area contributed by atoms with Gasteiger partial charge in [0.1, 0.15) is 0 Å². The van der Waals surface area contributed by atoms with Gasteiger partial charge < -0.3 is 4.90 Å². The van der Waals surface area contributed by atoms with Crippen LogP contribution < -0.4 is 0 Å². The Kier molecular flexibility index (Phi) is 4.54. The third-order valence-corrected chi connectivity index (χ3v) is 3.53. The van der Waals surface area contributed by atoms with E-state index >= 15 is 0 Å². The number of rotatable bonds is 5. The lowest BCUT2D eigenvalue weighted by Gasteiger charge is -2.16. The molecule has 2 rings (SSSR count). The first-order chi connectivity index (χ1) is 9.60. The highest BCUT2D eigenvalue weighted by molar-refractivity contribution is 5.32. The van der Waals surface area contributed by atoms with Gasteiger partial charge in [-0.25, -0.2) is 0 Å². The number of aryl methyl sites for hydroxylation is 2. The highest BCUT2D eigenvalue weighted by Gasteiger charge is 2.08. The quantitative estimate of drug-likeness (QED) is 0.906. The summed E-state index contributed by atoms with van der Waals surface area (Å²) < 4.78 is 0. The lowest BCUT2D eigenvalue weighted by atomic mass is 10.1. The lowest BCUT2D eigenvalue weighted by molar-refractivity contribution is 0.331. The maximum Gasteiger partial charge on any atom is 0.0991 e. The number of H-pyrrole nitrogens is 1. The fourth-order valence-electron chi connectivity index (χ4n) is 2.38. The van der Waals surface area contributed by atoms with Crippen LogP contribution in [0.2, 0.25) is 0 Å². The largest absolute Gasteiger partial charge is 0.302 e. The van der Waals surface area contributed by atoms with Crippen LogP contribution in [0.15, 0.2) is 24.3 Å². The average Bonchev–Trinajstić information content (AvgIpc) is 2.76. The molecule has 0 saturated carbocycles. The van der Waals surface area contributed by atoms with Crippen LogP contribution in [-0.2, 0) is 13.0 Å². The summed E-state index contributed by atoms with van der Waals surface area (Å²) in [7, 11) is 2.10. The van der Waals surface area contributed by atoms with Gasteiger partial charge in [0.25, 0.3) is 0 Å². The minimum atomic E-state index is 0.720. The Morgan fingerprint density at radius 3 is 2.80 bits per heavy atom. The molecule has 0 radical (unpaired) electrons. The van der Waals surface area contributed by atoms with Crippen molar-refractivity contribution < 1.29 is 0 Å². The van der Waals surface area contributed by atoms with Gasteiger partial charge in [0.2, 0.25) is 0 Å². The number of aromatic amines is 1. The molecule has 0 fully saturated rings. The van der Waals surface area contributed by atoms with Crippen LogP contribution in [0.5, 0.6) is 0 Å². The van der Waals surface area contributed by atoms with E-state index in [-0.39, 0.29) is 0 Å². The summed E-state index contributed by atoms with van der Waals surface area (Å²) in [4.78, 5) is 2.27. The first-order valence-electron chi connectivity index (χ1n) is 6.78. The fourth-order valence-corrected chi connectivity index (χ4v) is 2.38. The zero-order chi connectivity index (χ0) is 14.5. The summed E-state index contributed by atoms with van der Waals surface area (Å²) in [6.07, 6.45) is 0.989. The van der Waals surface area contributed by atoms with Crippen LogP contribution >= 0.6 is 0 Å². The highest BCUT2D eigenvalue weighted by atomic mass is 15.1. The molecule has 0 atom stereocenters. The van der Waals surface area contributed by atoms with Gasteiger partial charge in [0.15, 0.2) is 0 Å². The summed E-state index contributed by atoms with van der Waals surface area (Å²) in [5.41, 5.74) is 5.44. The van der Waals surface area contributed by atoms with E-state index in [0.29, 0.717) is 0 Å². The van der Waals surface area contributed by atoms with Crippen molar-refractivity contribution in [1.29, 1.82) is 5.26 Å². The average molecular weight is 268 g/mol. The molecule has 0 amide bonds. The summed E-state index contributed by atoms with van der Waals surface area (Å²) in [5.74, 6) is 0. The van der Waals surface area contributed by atoms with Gasteiger partial charge in [0, 0.05) is 18.8 Å². The minimum Gasteiger partial charge on any atom is -0.302 e. The van der Waals surface area contributed by atoms with E-state index in [1.807, 2.05) is 25.1 Å². The number of hydrogen-bond acceptors (Lipinski definition) is 3. The van der Waals surface area contributed by atoms with Crippen molar-refractivity contribution in [2.45, 2.75) is 26.8 Å². The number of likely N-dealkylation sites (N-methyl/N-ethyl adjacent to an activating group) is 1. The predicted molar refractivity (Wildman–Crippen MR) is 79.3 cm³/mol. The molecule has 1 N–H and O–H groups in total. The molecule has 0 spiro atoms. The topological polar surface area (TPSA) is 55.7 Å². The molecule has 0 aliphatic carbocycles. The Hall–Kier alpha value is -2.12. The predicted octanol–water partition coefficient (Wildman–Crippen LogP) is 2.57. The van der Waals surface area contributed by atoms with Crippen LogP contribution in [0.25, 0.3) is 0 Å². The molecule has 0 aliphatic heterocycles. The number of nitrogens with zero attached hydrogens (tertiary/aromatic N) is 3. The van der Waals surface area contributed by atoms with Gasteiger partial charge in [-0.05, 0) is 50.6 Å². The Morgan fingerprint density at radius 1 is 1.35 bits per heavy atom. The molecule has 1 heterocycles. The number of hydrogen-bond donors (Lipinski definition) is 1. The van der Waals surface area contributed by atoms with Gasteiger partial charge >= 0.3 is 0 Å². The van der Waals surface area contributed by atoms with Crippen molar-refractivity contribution in [2.75, 3.05) is 13.6 Å². The molecule has 0 aliphatic rings. The summed E-state index contributed by atoms with van der Waals surface area (Å²) >= 11 is 0.